The second-order valence-electron chi connectivity index (χ2n) is 6.71. The number of hydroxylamine groups is 1. The van der Waals surface area contributed by atoms with E-state index in [2.05, 4.69) is 5.32 Å². The van der Waals surface area contributed by atoms with E-state index in [0.29, 0.717) is 6.42 Å². The number of nitrogens with one attached hydrogen (secondary N) is 2. The minimum atomic E-state index is -1.12. The van der Waals surface area contributed by atoms with Gasteiger partial charge in [-0.1, -0.05) is 34.6 Å². The average Bonchev–Trinajstić information content (AvgIpc) is 2.32. The molecule has 7 nitrogen and oxygen atoms in total. The molecule has 0 spiro atoms. The van der Waals surface area contributed by atoms with Crippen LogP contribution in [0.5, 0.6) is 0 Å². The predicted octanol–water partition coefficient (Wildman–Crippen LogP) is 1.16. The van der Waals surface area contributed by atoms with E-state index in [1.54, 1.807) is 20.8 Å². The highest BCUT2D eigenvalue weighted by molar-refractivity contribution is 5.88. The molecule has 0 bridgehead atoms. The second kappa shape index (κ2) is 7.97. The summed E-state index contributed by atoms with van der Waals surface area (Å²) in [5.74, 6) is -2.80. The van der Waals surface area contributed by atoms with Gasteiger partial charge in [-0.25, -0.2) is 10.3 Å². The highest BCUT2D eigenvalue weighted by Crippen LogP contribution is 2.22. The van der Waals surface area contributed by atoms with Crippen LogP contribution < -0.4 is 10.8 Å². The summed E-state index contributed by atoms with van der Waals surface area (Å²) in [6, 6.07) is -1.04. The standard InChI is InChI=1S/C14H26N2O5/c1-8(2)6-9(7-10(17)16-21)12(18)15-11(13(19)20)14(3,4)5/h8-9,11,21H,6-7H2,1-5H3,(H,15,18)(H,16,17)(H,19,20)/t9?,11-/m1/s1. The van der Waals surface area contributed by atoms with E-state index in [4.69, 9.17) is 5.21 Å². The van der Waals surface area contributed by atoms with Crippen molar-refractivity contribution in [2.45, 2.75) is 53.5 Å². The highest BCUT2D eigenvalue weighted by atomic mass is 16.5. The number of amides is 2. The summed E-state index contributed by atoms with van der Waals surface area (Å²) in [5, 5.41) is 20.3. The first-order chi connectivity index (χ1) is 9.48. The molecule has 4 N–H and O–H groups in total. The van der Waals surface area contributed by atoms with Crippen molar-refractivity contribution >= 4 is 17.8 Å². The number of carbonyl (C=O) groups excluding carboxylic acids is 2. The third-order valence-electron chi connectivity index (χ3n) is 3.08. The minimum Gasteiger partial charge on any atom is -0.480 e. The molecule has 1 unspecified atom stereocenters. The summed E-state index contributed by atoms with van der Waals surface area (Å²) in [4.78, 5) is 34.8. The molecule has 0 aliphatic carbocycles. The molecule has 0 aromatic heterocycles. The Morgan fingerprint density at radius 2 is 1.67 bits per heavy atom. The van der Waals surface area contributed by atoms with Gasteiger partial charge in [-0.15, -0.1) is 0 Å². The van der Waals surface area contributed by atoms with Crippen LogP contribution in [0, 0.1) is 17.3 Å². The predicted molar refractivity (Wildman–Crippen MR) is 76.5 cm³/mol. The van der Waals surface area contributed by atoms with Gasteiger partial charge in [0.25, 0.3) is 0 Å². The Bertz CT molecular complexity index is 387. The van der Waals surface area contributed by atoms with E-state index in [0.717, 1.165) is 0 Å². The van der Waals surface area contributed by atoms with Gasteiger partial charge in [-0.3, -0.25) is 14.8 Å². The Morgan fingerprint density at radius 3 is 2.00 bits per heavy atom. The van der Waals surface area contributed by atoms with E-state index in [9.17, 15) is 19.5 Å². The zero-order chi connectivity index (χ0) is 16.8. The number of carbonyl (C=O) groups is 3. The minimum absolute atomic E-state index is 0.158. The zero-order valence-electron chi connectivity index (χ0n) is 13.3. The molecule has 7 heteroatoms. The quantitative estimate of drug-likeness (QED) is 0.416. The van der Waals surface area contributed by atoms with Crippen molar-refractivity contribution in [3.05, 3.63) is 0 Å². The Kier molecular flexibility index (Phi) is 7.35. The third-order valence-corrected chi connectivity index (χ3v) is 3.08. The van der Waals surface area contributed by atoms with Crippen LogP contribution in [-0.2, 0) is 14.4 Å². The van der Waals surface area contributed by atoms with Crippen molar-refractivity contribution in [2.75, 3.05) is 0 Å². The molecule has 0 aliphatic heterocycles. The average molecular weight is 302 g/mol. The van der Waals surface area contributed by atoms with Gasteiger partial charge in [-0.05, 0) is 17.8 Å². The number of hydrogen-bond donors (Lipinski definition) is 4. The van der Waals surface area contributed by atoms with Crippen LogP contribution in [0.25, 0.3) is 0 Å². The maximum Gasteiger partial charge on any atom is 0.326 e. The van der Waals surface area contributed by atoms with Crippen LogP contribution in [0.1, 0.15) is 47.5 Å². The molecule has 0 rings (SSSR count). The van der Waals surface area contributed by atoms with Gasteiger partial charge < -0.3 is 10.4 Å². The van der Waals surface area contributed by atoms with Gasteiger partial charge in [0.2, 0.25) is 11.8 Å². The lowest BCUT2D eigenvalue weighted by atomic mass is 9.85. The lowest BCUT2D eigenvalue weighted by Gasteiger charge is -2.29. The van der Waals surface area contributed by atoms with Gasteiger partial charge in [-0.2, -0.15) is 0 Å². The fraction of sp³-hybridized carbons (Fsp3) is 0.786. The number of rotatable bonds is 7. The highest BCUT2D eigenvalue weighted by Gasteiger charge is 2.34. The molecule has 0 saturated heterocycles. The molecule has 0 aromatic rings. The molecular formula is C14H26N2O5. The lowest BCUT2D eigenvalue weighted by Crippen LogP contribution is -2.51. The molecule has 0 aliphatic rings. The summed E-state index contributed by atoms with van der Waals surface area (Å²) in [6.07, 6.45) is 0.243. The molecule has 0 fully saturated rings. The van der Waals surface area contributed by atoms with Crippen molar-refractivity contribution in [1.82, 2.24) is 10.8 Å². The number of hydrogen-bond acceptors (Lipinski definition) is 4. The molecule has 21 heavy (non-hydrogen) atoms. The van der Waals surface area contributed by atoms with Gasteiger partial charge in [0, 0.05) is 12.3 Å². The van der Waals surface area contributed by atoms with Gasteiger partial charge in [0.1, 0.15) is 6.04 Å². The summed E-state index contributed by atoms with van der Waals surface area (Å²) in [6.45, 7) is 8.93. The Hall–Kier alpha value is -1.63. The summed E-state index contributed by atoms with van der Waals surface area (Å²) < 4.78 is 0. The van der Waals surface area contributed by atoms with Gasteiger partial charge in [0.05, 0.1) is 0 Å². The number of aliphatic carboxylic acids is 1. The first-order valence-corrected chi connectivity index (χ1v) is 6.95. The van der Waals surface area contributed by atoms with E-state index < -0.39 is 35.2 Å². The van der Waals surface area contributed by atoms with Gasteiger partial charge >= 0.3 is 5.97 Å². The van der Waals surface area contributed by atoms with E-state index >= 15 is 0 Å². The van der Waals surface area contributed by atoms with Crippen LogP contribution in [0.2, 0.25) is 0 Å². The fourth-order valence-corrected chi connectivity index (χ4v) is 2.03. The SMILES string of the molecule is CC(C)CC(CC(=O)NO)C(=O)N[C@H](C(=O)O)C(C)(C)C. The number of carboxylic acid groups (broad SMARTS) is 1. The van der Waals surface area contributed by atoms with Crippen molar-refractivity contribution < 1.29 is 24.7 Å². The van der Waals surface area contributed by atoms with Crippen LogP contribution >= 0.6 is 0 Å². The van der Waals surface area contributed by atoms with Crippen molar-refractivity contribution in [3.63, 3.8) is 0 Å². The normalized spacial score (nSPS) is 14.4. The van der Waals surface area contributed by atoms with Crippen LogP contribution in [-0.4, -0.2) is 34.1 Å². The fourth-order valence-electron chi connectivity index (χ4n) is 2.03. The first kappa shape index (κ1) is 19.4. The van der Waals surface area contributed by atoms with E-state index in [1.165, 1.54) is 5.48 Å². The Morgan fingerprint density at radius 1 is 1.14 bits per heavy atom. The molecule has 2 amide bonds. The summed E-state index contributed by atoms with van der Waals surface area (Å²) in [5.41, 5.74) is 0.845. The summed E-state index contributed by atoms with van der Waals surface area (Å²) in [7, 11) is 0. The summed E-state index contributed by atoms with van der Waals surface area (Å²) >= 11 is 0. The van der Waals surface area contributed by atoms with E-state index in [1.807, 2.05) is 13.8 Å². The zero-order valence-corrected chi connectivity index (χ0v) is 13.3. The third kappa shape index (κ3) is 7.08. The van der Waals surface area contributed by atoms with Crippen LogP contribution in [0.3, 0.4) is 0 Å². The maximum atomic E-state index is 12.3. The Balaban J connectivity index is 5.01. The monoisotopic (exact) mass is 302 g/mol. The van der Waals surface area contributed by atoms with Crippen LogP contribution in [0.15, 0.2) is 0 Å². The second-order valence-corrected chi connectivity index (χ2v) is 6.71. The molecule has 0 aromatic carbocycles. The smallest absolute Gasteiger partial charge is 0.326 e. The lowest BCUT2D eigenvalue weighted by molar-refractivity contribution is -0.146. The molecule has 122 valence electrons. The maximum absolute atomic E-state index is 12.3. The van der Waals surface area contributed by atoms with Crippen molar-refractivity contribution in [1.29, 1.82) is 0 Å². The molecule has 0 radical (unpaired) electrons. The first-order valence-electron chi connectivity index (χ1n) is 6.95. The molecular weight excluding hydrogens is 276 g/mol. The molecule has 0 heterocycles. The van der Waals surface area contributed by atoms with Crippen molar-refractivity contribution in [3.8, 4) is 0 Å². The van der Waals surface area contributed by atoms with E-state index in [-0.39, 0.29) is 12.3 Å². The molecule has 2 atom stereocenters. The Labute approximate surface area is 125 Å². The largest absolute Gasteiger partial charge is 0.480 e. The topological polar surface area (TPSA) is 116 Å². The molecule has 0 saturated carbocycles. The van der Waals surface area contributed by atoms with Crippen molar-refractivity contribution in [2.24, 2.45) is 17.3 Å². The van der Waals surface area contributed by atoms with Crippen LogP contribution in [0.4, 0.5) is 0 Å². The number of carboxylic acids is 1. The van der Waals surface area contributed by atoms with Gasteiger partial charge in [0.15, 0.2) is 0 Å².